The van der Waals surface area contributed by atoms with Crippen molar-refractivity contribution in [2.75, 3.05) is 25.5 Å². The summed E-state index contributed by atoms with van der Waals surface area (Å²) in [5.41, 5.74) is 3.47. The van der Waals surface area contributed by atoms with Crippen molar-refractivity contribution in [3.05, 3.63) is 59.2 Å². The van der Waals surface area contributed by atoms with Crippen molar-refractivity contribution in [3.63, 3.8) is 0 Å². The Hall–Kier alpha value is -3.15. The Labute approximate surface area is 171 Å². The summed E-state index contributed by atoms with van der Waals surface area (Å²) in [6.07, 6.45) is 2.05. The van der Waals surface area contributed by atoms with Crippen LogP contribution in [0.5, 0.6) is 0 Å². The van der Waals surface area contributed by atoms with Crippen molar-refractivity contribution in [1.29, 1.82) is 5.41 Å². The number of nitrogens with zero attached hydrogens (tertiary/aromatic N) is 1. The van der Waals surface area contributed by atoms with Gasteiger partial charge in [-0.15, -0.1) is 0 Å². The highest BCUT2D eigenvalue weighted by molar-refractivity contribution is 6.05. The van der Waals surface area contributed by atoms with Crippen LogP contribution >= 0.6 is 0 Å². The van der Waals surface area contributed by atoms with Gasteiger partial charge in [-0.1, -0.05) is 13.0 Å². The van der Waals surface area contributed by atoms with Gasteiger partial charge in [0.15, 0.2) is 0 Å². The molecule has 1 aliphatic rings. The maximum absolute atomic E-state index is 12.9. The molecule has 0 aromatic heterocycles. The monoisotopic (exact) mass is 393 g/mol. The number of methoxy groups -OCH3 is 1. The molecule has 0 radical (unpaired) electrons. The smallest absolute Gasteiger partial charge is 0.337 e. The van der Waals surface area contributed by atoms with E-state index in [1.165, 1.54) is 7.11 Å². The molecule has 29 heavy (non-hydrogen) atoms. The Bertz CT molecular complexity index is 931. The van der Waals surface area contributed by atoms with E-state index in [0.29, 0.717) is 39.7 Å². The van der Waals surface area contributed by atoms with Gasteiger partial charge >= 0.3 is 5.97 Å². The van der Waals surface area contributed by atoms with E-state index in [-0.39, 0.29) is 5.91 Å². The molecule has 0 unspecified atom stereocenters. The van der Waals surface area contributed by atoms with E-state index in [9.17, 15) is 9.59 Å². The topological polar surface area (TPSA) is 82.5 Å². The number of piperidine rings is 1. The number of rotatable bonds is 5. The van der Waals surface area contributed by atoms with Crippen LogP contribution in [0.25, 0.3) is 0 Å². The van der Waals surface area contributed by atoms with Crippen molar-refractivity contribution in [2.45, 2.75) is 26.7 Å². The van der Waals surface area contributed by atoms with Crippen molar-refractivity contribution in [2.24, 2.45) is 5.92 Å². The zero-order valence-corrected chi connectivity index (χ0v) is 17.1. The first-order valence-electron chi connectivity index (χ1n) is 9.83. The summed E-state index contributed by atoms with van der Waals surface area (Å²) in [5.74, 6) is 0.262. The van der Waals surface area contributed by atoms with Gasteiger partial charge in [0, 0.05) is 41.3 Å². The van der Waals surface area contributed by atoms with Crippen LogP contribution in [-0.4, -0.2) is 42.7 Å². The first kappa shape index (κ1) is 20.6. The van der Waals surface area contributed by atoms with Crippen molar-refractivity contribution >= 4 is 29.0 Å². The number of hydrogen-bond donors (Lipinski definition) is 2. The minimum atomic E-state index is -0.408. The molecule has 1 heterocycles. The molecule has 2 aromatic rings. The molecule has 0 spiro atoms. The number of hydrogen-bond acceptors (Lipinski definition) is 5. The van der Waals surface area contributed by atoms with Crippen LogP contribution in [0.1, 0.15) is 53.0 Å². The Morgan fingerprint density at radius 1 is 1.10 bits per heavy atom. The number of anilines is 2. The number of amides is 1. The molecule has 0 aliphatic carbocycles. The van der Waals surface area contributed by atoms with Gasteiger partial charge in [-0.25, -0.2) is 4.79 Å². The maximum atomic E-state index is 12.9. The number of nitrogens with one attached hydrogen (secondary N) is 2. The number of ether oxygens (including phenoxy) is 1. The van der Waals surface area contributed by atoms with Crippen molar-refractivity contribution in [3.8, 4) is 0 Å². The number of likely N-dealkylation sites (tertiary alicyclic amines) is 1. The number of carbonyl (C=O) groups excluding carboxylic acids is 2. The van der Waals surface area contributed by atoms with E-state index in [1.54, 1.807) is 37.3 Å². The fourth-order valence-corrected chi connectivity index (χ4v) is 3.49. The fourth-order valence-electron chi connectivity index (χ4n) is 3.49. The van der Waals surface area contributed by atoms with E-state index in [2.05, 4.69) is 12.2 Å². The van der Waals surface area contributed by atoms with Gasteiger partial charge in [-0.05, 0) is 62.1 Å². The molecule has 152 valence electrons. The van der Waals surface area contributed by atoms with Gasteiger partial charge in [-0.2, -0.15) is 0 Å². The summed E-state index contributed by atoms with van der Waals surface area (Å²) in [5, 5.41) is 11.4. The lowest BCUT2D eigenvalue weighted by molar-refractivity contribution is 0.0600. The molecular weight excluding hydrogens is 366 g/mol. The van der Waals surface area contributed by atoms with Gasteiger partial charge < -0.3 is 20.4 Å². The highest BCUT2D eigenvalue weighted by atomic mass is 16.5. The average Bonchev–Trinajstić information content (AvgIpc) is 2.73. The second kappa shape index (κ2) is 8.90. The minimum Gasteiger partial charge on any atom is -0.465 e. The van der Waals surface area contributed by atoms with Crippen LogP contribution in [0.3, 0.4) is 0 Å². The molecule has 1 saturated heterocycles. The Balaban J connectivity index is 1.84. The molecule has 1 aliphatic heterocycles. The molecule has 1 amide bonds. The third-order valence-corrected chi connectivity index (χ3v) is 5.30. The fraction of sp³-hybridized carbons (Fsp3) is 0.348. The first-order chi connectivity index (χ1) is 13.9. The quantitative estimate of drug-likeness (QED) is 0.580. The summed E-state index contributed by atoms with van der Waals surface area (Å²) in [4.78, 5) is 26.5. The molecule has 2 N–H and O–H groups in total. The summed E-state index contributed by atoms with van der Waals surface area (Å²) >= 11 is 0. The van der Waals surface area contributed by atoms with E-state index in [1.807, 2.05) is 17.0 Å². The standard InChI is InChI=1S/C23H27N3O3/c1-15-9-11-26(12-10-15)22(27)17-7-8-21(20(14-17)16(2)24)25-19-6-4-5-18(13-19)23(28)29-3/h4-8,13-15,24-25H,9-12H2,1-3H3. The summed E-state index contributed by atoms with van der Waals surface area (Å²) < 4.78 is 4.77. The summed E-state index contributed by atoms with van der Waals surface area (Å²) in [6.45, 7) is 5.47. The van der Waals surface area contributed by atoms with Gasteiger partial charge in [0.05, 0.1) is 12.7 Å². The number of esters is 1. The minimum absolute atomic E-state index is 0.0126. The molecular formula is C23H27N3O3. The SMILES string of the molecule is COC(=O)c1cccc(Nc2ccc(C(=O)N3CCC(C)CC3)cc2C(C)=N)c1. The van der Waals surface area contributed by atoms with Crippen LogP contribution in [0.4, 0.5) is 11.4 Å². The predicted molar refractivity (Wildman–Crippen MR) is 114 cm³/mol. The lowest BCUT2D eigenvalue weighted by Gasteiger charge is -2.30. The zero-order valence-electron chi connectivity index (χ0n) is 17.1. The van der Waals surface area contributed by atoms with Gasteiger partial charge in [0.25, 0.3) is 5.91 Å². The number of carbonyl (C=O) groups is 2. The molecule has 3 rings (SSSR count). The molecule has 0 saturated carbocycles. The lowest BCUT2D eigenvalue weighted by Crippen LogP contribution is -2.37. The van der Waals surface area contributed by atoms with Crippen molar-refractivity contribution in [1.82, 2.24) is 4.90 Å². The highest BCUT2D eigenvalue weighted by Gasteiger charge is 2.22. The third-order valence-electron chi connectivity index (χ3n) is 5.30. The summed E-state index contributed by atoms with van der Waals surface area (Å²) in [7, 11) is 1.34. The van der Waals surface area contributed by atoms with E-state index < -0.39 is 5.97 Å². The second-order valence-corrected chi connectivity index (χ2v) is 7.56. The maximum Gasteiger partial charge on any atom is 0.337 e. The zero-order chi connectivity index (χ0) is 21.0. The average molecular weight is 393 g/mol. The summed E-state index contributed by atoms with van der Waals surface area (Å²) in [6, 6.07) is 12.4. The Morgan fingerprint density at radius 2 is 1.83 bits per heavy atom. The molecule has 1 fully saturated rings. The Kier molecular flexibility index (Phi) is 6.32. The Morgan fingerprint density at radius 3 is 2.48 bits per heavy atom. The van der Waals surface area contributed by atoms with Crippen LogP contribution in [0, 0.1) is 11.3 Å². The van der Waals surface area contributed by atoms with Gasteiger partial charge in [0.1, 0.15) is 0 Å². The van der Waals surface area contributed by atoms with Crippen LogP contribution < -0.4 is 5.32 Å². The van der Waals surface area contributed by atoms with Crippen LogP contribution in [0.15, 0.2) is 42.5 Å². The number of benzene rings is 2. The van der Waals surface area contributed by atoms with Crippen molar-refractivity contribution < 1.29 is 14.3 Å². The third kappa shape index (κ3) is 4.83. The predicted octanol–water partition coefficient (Wildman–Crippen LogP) is 4.48. The molecule has 6 heteroatoms. The molecule has 0 atom stereocenters. The second-order valence-electron chi connectivity index (χ2n) is 7.56. The van der Waals surface area contributed by atoms with Gasteiger partial charge in [-0.3, -0.25) is 4.79 Å². The van der Waals surface area contributed by atoms with Crippen LogP contribution in [-0.2, 0) is 4.74 Å². The molecule has 0 bridgehead atoms. The normalized spacial score (nSPS) is 14.4. The van der Waals surface area contributed by atoms with E-state index >= 15 is 0 Å². The first-order valence-corrected chi connectivity index (χ1v) is 9.83. The molecule has 2 aromatic carbocycles. The van der Waals surface area contributed by atoms with Gasteiger partial charge in [0.2, 0.25) is 0 Å². The molecule has 6 nitrogen and oxygen atoms in total. The lowest BCUT2D eigenvalue weighted by atomic mass is 9.98. The largest absolute Gasteiger partial charge is 0.465 e. The van der Waals surface area contributed by atoms with E-state index in [4.69, 9.17) is 10.1 Å². The highest BCUT2D eigenvalue weighted by Crippen LogP contribution is 2.25. The van der Waals surface area contributed by atoms with E-state index in [0.717, 1.165) is 25.9 Å². The van der Waals surface area contributed by atoms with Crippen LogP contribution in [0.2, 0.25) is 0 Å².